The van der Waals surface area contributed by atoms with Crippen molar-refractivity contribution in [3.63, 3.8) is 0 Å². The number of benzene rings is 1. The molecule has 1 amide bonds. The van der Waals surface area contributed by atoms with Gasteiger partial charge in [0, 0.05) is 19.6 Å². The monoisotopic (exact) mass is 386 g/mol. The van der Waals surface area contributed by atoms with Crippen molar-refractivity contribution in [1.82, 2.24) is 10.2 Å². The summed E-state index contributed by atoms with van der Waals surface area (Å²) in [5, 5.41) is 13.3. The Hall–Kier alpha value is -1.85. The number of nitrogens with zero attached hydrogens (tertiary/aromatic N) is 1. The first-order chi connectivity index (χ1) is 13.4. The van der Waals surface area contributed by atoms with Crippen LogP contribution in [0.5, 0.6) is 0 Å². The van der Waals surface area contributed by atoms with Crippen molar-refractivity contribution in [3.8, 4) is 0 Å². The van der Waals surface area contributed by atoms with Crippen molar-refractivity contribution < 1.29 is 14.6 Å². The summed E-state index contributed by atoms with van der Waals surface area (Å²) in [6.07, 6.45) is 3.90. The molecule has 2 N–H and O–H groups in total. The second kappa shape index (κ2) is 9.10. The van der Waals surface area contributed by atoms with Crippen LogP contribution in [0.15, 0.2) is 42.0 Å². The molecular weight excluding hydrogens is 352 g/mol. The van der Waals surface area contributed by atoms with Gasteiger partial charge in [-0.25, -0.2) is 4.79 Å². The number of piperidine rings is 1. The standard InChI is InChI=1S/C23H34N2O3/c1-23(2,3)28-22(27)25-10-9-21-19(11-18(16-26)12-20(21)15-25)14-24-13-17-7-5-4-6-8-17/h4-8,12,19-21,24,26H,9-11,13-16H2,1-3H3/t19-,20+,21-/m1/s1. The van der Waals surface area contributed by atoms with E-state index < -0.39 is 5.60 Å². The number of hydrogen-bond donors (Lipinski definition) is 2. The molecule has 1 aliphatic heterocycles. The Morgan fingerprint density at radius 1 is 1.29 bits per heavy atom. The van der Waals surface area contributed by atoms with Crippen LogP contribution in [0.1, 0.15) is 39.2 Å². The van der Waals surface area contributed by atoms with Crippen LogP contribution in [0, 0.1) is 17.8 Å². The summed E-state index contributed by atoms with van der Waals surface area (Å²) in [6.45, 7) is 9.01. The molecule has 0 bridgehead atoms. The summed E-state index contributed by atoms with van der Waals surface area (Å²) in [7, 11) is 0. The number of aliphatic hydroxyl groups excluding tert-OH is 1. The van der Waals surface area contributed by atoms with Gasteiger partial charge in [-0.15, -0.1) is 0 Å². The molecule has 0 radical (unpaired) electrons. The molecule has 154 valence electrons. The number of likely N-dealkylation sites (tertiary alicyclic amines) is 1. The molecule has 1 aromatic rings. The van der Waals surface area contributed by atoms with Gasteiger partial charge in [-0.1, -0.05) is 36.4 Å². The van der Waals surface area contributed by atoms with Crippen molar-refractivity contribution in [1.29, 1.82) is 0 Å². The molecule has 5 nitrogen and oxygen atoms in total. The van der Waals surface area contributed by atoms with Gasteiger partial charge in [0.25, 0.3) is 0 Å². The molecular formula is C23H34N2O3. The second-order valence-corrected chi connectivity index (χ2v) is 9.11. The van der Waals surface area contributed by atoms with Crippen LogP contribution in [-0.2, 0) is 11.3 Å². The van der Waals surface area contributed by atoms with Gasteiger partial charge in [-0.05, 0) is 69.0 Å². The van der Waals surface area contributed by atoms with Gasteiger partial charge in [0.15, 0.2) is 0 Å². The average Bonchev–Trinajstić information content (AvgIpc) is 2.66. The first-order valence-electron chi connectivity index (χ1n) is 10.4. The zero-order valence-corrected chi connectivity index (χ0v) is 17.4. The second-order valence-electron chi connectivity index (χ2n) is 9.11. The van der Waals surface area contributed by atoms with E-state index in [2.05, 4.69) is 35.7 Å². The highest BCUT2D eigenvalue weighted by atomic mass is 16.6. The third-order valence-electron chi connectivity index (χ3n) is 5.73. The molecule has 0 saturated carbocycles. The molecule has 1 aromatic carbocycles. The summed E-state index contributed by atoms with van der Waals surface area (Å²) >= 11 is 0. The third kappa shape index (κ3) is 5.58. The number of hydrogen-bond acceptors (Lipinski definition) is 4. The fourth-order valence-corrected chi connectivity index (χ4v) is 4.45. The SMILES string of the molecule is CC(C)(C)OC(=O)N1CC[C@@H]2[C@@H](CNCc3ccccc3)CC(CO)=C[C@H]2C1. The maximum atomic E-state index is 12.5. The highest BCUT2D eigenvalue weighted by Gasteiger charge is 2.38. The number of aliphatic hydroxyl groups is 1. The smallest absolute Gasteiger partial charge is 0.410 e. The number of ether oxygens (including phenoxy) is 1. The number of nitrogens with one attached hydrogen (secondary N) is 1. The Balaban J connectivity index is 1.60. The maximum absolute atomic E-state index is 12.5. The molecule has 1 fully saturated rings. The minimum Gasteiger partial charge on any atom is -0.444 e. The van der Waals surface area contributed by atoms with E-state index in [9.17, 15) is 9.90 Å². The van der Waals surface area contributed by atoms with E-state index >= 15 is 0 Å². The fourth-order valence-electron chi connectivity index (χ4n) is 4.45. The van der Waals surface area contributed by atoms with Gasteiger partial charge >= 0.3 is 6.09 Å². The van der Waals surface area contributed by atoms with E-state index in [0.29, 0.717) is 24.3 Å². The molecule has 3 rings (SSSR count). The lowest BCUT2D eigenvalue weighted by Gasteiger charge is -2.44. The lowest BCUT2D eigenvalue weighted by molar-refractivity contribution is 0.00814. The lowest BCUT2D eigenvalue weighted by atomic mass is 9.69. The summed E-state index contributed by atoms with van der Waals surface area (Å²) in [5.41, 5.74) is 1.91. The Labute approximate surface area is 168 Å². The predicted octanol–water partition coefficient (Wildman–Crippen LogP) is 3.59. The molecule has 0 unspecified atom stereocenters. The number of carbonyl (C=O) groups is 1. The summed E-state index contributed by atoms with van der Waals surface area (Å²) in [5.74, 6) is 1.32. The van der Waals surface area contributed by atoms with Gasteiger partial charge in [-0.2, -0.15) is 0 Å². The van der Waals surface area contributed by atoms with E-state index in [1.54, 1.807) is 0 Å². The van der Waals surface area contributed by atoms with E-state index in [1.165, 1.54) is 5.56 Å². The zero-order valence-electron chi connectivity index (χ0n) is 17.4. The topological polar surface area (TPSA) is 61.8 Å². The van der Waals surface area contributed by atoms with E-state index in [4.69, 9.17) is 4.74 Å². The molecule has 5 heteroatoms. The van der Waals surface area contributed by atoms with Crippen LogP contribution in [0.3, 0.4) is 0 Å². The first-order valence-corrected chi connectivity index (χ1v) is 10.4. The van der Waals surface area contributed by atoms with Crippen LogP contribution in [0.25, 0.3) is 0 Å². The highest BCUT2D eigenvalue weighted by molar-refractivity contribution is 5.68. The minimum atomic E-state index is -0.476. The van der Waals surface area contributed by atoms with Gasteiger partial charge < -0.3 is 20.1 Å². The largest absolute Gasteiger partial charge is 0.444 e. The number of amides is 1. The number of rotatable bonds is 5. The van der Waals surface area contributed by atoms with Crippen molar-refractivity contribution in [2.75, 3.05) is 26.2 Å². The normalized spacial score (nSPS) is 25.1. The summed E-state index contributed by atoms with van der Waals surface area (Å²) in [6, 6.07) is 10.4. The summed E-state index contributed by atoms with van der Waals surface area (Å²) in [4.78, 5) is 14.3. The molecule has 1 aliphatic carbocycles. The van der Waals surface area contributed by atoms with Crippen LogP contribution < -0.4 is 5.32 Å². The van der Waals surface area contributed by atoms with Crippen molar-refractivity contribution in [2.45, 2.75) is 45.8 Å². The first kappa shape index (κ1) is 20.9. The average molecular weight is 387 g/mol. The highest BCUT2D eigenvalue weighted by Crippen LogP contribution is 2.39. The van der Waals surface area contributed by atoms with E-state index in [1.807, 2.05) is 31.7 Å². The van der Waals surface area contributed by atoms with Crippen LogP contribution in [0.2, 0.25) is 0 Å². The molecule has 0 aromatic heterocycles. The van der Waals surface area contributed by atoms with Crippen molar-refractivity contribution >= 4 is 6.09 Å². The van der Waals surface area contributed by atoms with Crippen molar-refractivity contribution in [3.05, 3.63) is 47.5 Å². The third-order valence-corrected chi connectivity index (χ3v) is 5.73. The number of carbonyl (C=O) groups excluding carboxylic acids is 1. The number of fused-ring (bicyclic) bond motifs is 1. The van der Waals surface area contributed by atoms with Crippen molar-refractivity contribution in [2.24, 2.45) is 17.8 Å². The fraction of sp³-hybridized carbons (Fsp3) is 0.609. The molecule has 3 atom stereocenters. The zero-order chi connectivity index (χ0) is 20.1. The Kier molecular flexibility index (Phi) is 6.78. The van der Waals surface area contributed by atoms with Crippen LogP contribution in [0.4, 0.5) is 4.79 Å². The molecule has 0 spiro atoms. The van der Waals surface area contributed by atoms with Gasteiger partial charge in [0.2, 0.25) is 0 Å². The van der Waals surface area contributed by atoms with Gasteiger partial charge in [-0.3, -0.25) is 0 Å². The van der Waals surface area contributed by atoms with Crippen LogP contribution >= 0.6 is 0 Å². The molecule has 1 heterocycles. The van der Waals surface area contributed by atoms with E-state index in [0.717, 1.165) is 38.0 Å². The maximum Gasteiger partial charge on any atom is 0.410 e. The Bertz CT molecular complexity index is 681. The molecule has 28 heavy (non-hydrogen) atoms. The quantitative estimate of drug-likeness (QED) is 0.759. The van der Waals surface area contributed by atoms with Gasteiger partial charge in [0.05, 0.1) is 6.61 Å². The Morgan fingerprint density at radius 3 is 2.71 bits per heavy atom. The van der Waals surface area contributed by atoms with E-state index in [-0.39, 0.29) is 12.7 Å². The van der Waals surface area contributed by atoms with Gasteiger partial charge in [0.1, 0.15) is 5.60 Å². The molecule has 2 aliphatic rings. The van der Waals surface area contributed by atoms with Crippen LogP contribution in [-0.4, -0.2) is 47.9 Å². The summed E-state index contributed by atoms with van der Waals surface area (Å²) < 4.78 is 5.56. The molecule has 1 saturated heterocycles. The Morgan fingerprint density at radius 2 is 2.04 bits per heavy atom. The predicted molar refractivity (Wildman–Crippen MR) is 111 cm³/mol. The minimum absolute atomic E-state index is 0.102. The lowest BCUT2D eigenvalue weighted by Crippen LogP contribution is -2.49.